The number of aromatic nitrogens is 3. The third-order valence-electron chi connectivity index (χ3n) is 2.95. The molecule has 19 heavy (non-hydrogen) atoms. The maximum absolute atomic E-state index is 5.91. The summed E-state index contributed by atoms with van der Waals surface area (Å²) >= 11 is 0. The number of nitrogen functional groups attached to an aromatic ring is 1. The monoisotopic (exact) mass is 257 g/mol. The van der Waals surface area contributed by atoms with Crippen LogP contribution in [0.1, 0.15) is 30.9 Å². The average molecular weight is 257 g/mol. The Morgan fingerprint density at radius 1 is 1.21 bits per heavy atom. The van der Waals surface area contributed by atoms with Gasteiger partial charge in [-0.15, -0.1) is 0 Å². The van der Waals surface area contributed by atoms with E-state index in [1.54, 1.807) is 12.4 Å². The number of hydrogen-bond acceptors (Lipinski definition) is 5. The Kier molecular flexibility index (Phi) is 4.28. The van der Waals surface area contributed by atoms with E-state index in [2.05, 4.69) is 34.1 Å². The fraction of sp³-hybridized carbons (Fsp3) is 0.357. The van der Waals surface area contributed by atoms with Gasteiger partial charge in [0.25, 0.3) is 0 Å². The summed E-state index contributed by atoms with van der Waals surface area (Å²) in [5.74, 6) is 1.68. The van der Waals surface area contributed by atoms with Crippen LogP contribution in [0.15, 0.2) is 30.9 Å². The minimum atomic E-state index is 0.296. The molecule has 2 aromatic rings. The molecule has 3 N–H and O–H groups in total. The van der Waals surface area contributed by atoms with Crippen LogP contribution in [0.5, 0.6) is 0 Å². The first-order valence-electron chi connectivity index (χ1n) is 6.41. The van der Waals surface area contributed by atoms with Crippen molar-refractivity contribution < 1.29 is 0 Å². The topological polar surface area (TPSA) is 76.7 Å². The lowest BCUT2D eigenvalue weighted by Gasteiger charge is -2.14. The molecule has 0 fully saturated rings. The molecule has 2 heterocycles. The highest BCUT2D eigenvalue weighted by atomic mass is 15.0. The van der Waals surface area contributed by atoms with Crippen LogP contribution in [0.25, 0.3) is 0 Å². The minimum absolute atomic E-state index is 0.296. The van der Waals surface area contributed by atoms with Crippen molar-refractivity contribution in [3.8, 4) is 0 Å². The van der Waals surface area contributed by atoms with Gasteiger partial charge in [-0.1, -0.05) is 13.8 Å². The summed E-state index contributed by atoms with van der Waals surface area (Å²) in [5.41, 5.74) is 8.14. The van der Waals surface area contributed by atoms with Gasteiger partial charge in [0.1, 0.15) is 18.0 Å². The van der Waals surface area contributed by atoms with Gasteiger partial charge in [-0.25, -0.2) is 9.97 Å². The largest absolute Gasteiger partial charge is 0.383 e. The zero-order valence-corrected chi connectivity index (χ0v) is 11.3. The molecular formula is C14H19N5. The predicted molar refractivity (Wildman–Crippen MR) is 77.0 cm³/mol. The van der Waals surface area contributed by atoms with Crippen LogP contribution in [0.4, 0.5) is 11.6 Å². The molecule has 0 spiro atoms. The Morgan fingerprint density at radius 2 is 1.95 bits per heavy atom. The number of nitrogens with two attached hydrogens (primary N) is 1. The number of nitrogens with one attached hydrogen (secondary N) is 1. The molecule has 0 aliphatic heterocycles. The van der Waals surface area contributed by atoms with E-state index in [0.717, 1.165) is 24.3 Å². The molecule has 5 nitrogen and oxygen atoms in total. The normalized spacial score (nSPS) is 10.7. The molecule has 5 heteroatoms. The van der Waals surface area contributed by atoms with E-state index in [9.17, 15) is 0 Å². The number of anilines is 2. The van der Waals surface area contributed by atoms with Crippen LogP contribution in [-0.2, 0) is 6.42 Å². The van der Waals surface area contributed by atoms with Gasteiger partial charge in [-0.2, -0.15) is 0 Å². The molecule has 0 unspecified atom stereocenters. The summed E-state index contributed by atoms with van der Waals surface area (Å²) in [7, 11) is 0. The molecule has 0 bridgehead atoms. The maximum atomic E-state index is 5.91. The second-order valence-corrected chi connectivity index (χ2v) is 4.71. The van der Waals surface area contributed by atoms with E-state index < -0.39 is 0 Å². The van der Waals surface area contributed by atoms with Crippen molar-refractivity contribution in [2.45, 2.75) is 26.2 Å². The van der Waals surface area contributed by atoms with Gasteiger partial charge >= 0.3 is 0 Å². The molecular weight excluding hydrogens is 238 g/mol. The minimum Gasteiger partial charge on any atom is -0.383 e. The van der Waals surface area contributed by atoms with Crippen molar-refractivity contribution in [2.75, 3.05) is 17.6 Å². The summed E-state index contributed by atoms with van der Waals surface area (Å²) in [4.78, 5) is 12.3. The molecule has 2 aromatic heterocycles. The molecule has 0 saturated carbocycles. The Morgan fingerprint density at radius 3 is 2.63 bits per heavy atom. The molecule has 0 atom stereocenters. The second-order valence-electron chi connectivity index (χ2n) is 4.71. The van der Waals surface area contributed by atoms with Crippen molar-refractivity contribution >= 4 is 11.6 Å². The predicted octanol–water partition coefficient (Wildman–Crippen LogP) is 2.23. The van der Waals surface area contributed by atoms with Crippen LogP contribution >= 0.6 is 0 Å². The maximum Gasteiger partial charge on any atom is 0.134 e. The van der Waals surface area contributed by atoms with Gasteiger partial charge in [0.15, 0.2) is 0 Å². The Hall–Kier alpha value is -2.17. The zero-order chi connectivity index (χ0) is 13.7. The van der Waals surface area contributed by atoms with Crippen molar-refractivity contribution in [1.82, 2.24) is 15.0 Å². The van der Waals surface area contributed by atoms with Gasteiger partial charge in [0, 0.05) is 24.5 Å². The van der Waals surface area contributed by atoms with Gasteiger partial charge < -0.3 is 11.1 Å². The number of hydrogen-bond donors (Lipinski definition) is 2. The number of nitrogens with zero attached hydrogens (tertiary/aromatic N) is 3. The van der Waals surface area contributed by atoms with E-state index >= 15 is 0 Å². The lowest BCUT2D eigenvalue weighted by Crippen LogP contribution is -2.12. The van der Waals surface area contributed by atoms with Gasteiger partial charge in [0.2, 0.25) is 0 Å². The van der Waals surface area contributed by atoms with E-state index in [1.807, 2.05) is 12.1 Å². The Bertz CT molecular complexity index is 525. The van der Waals surface area contributed by atoms with Crippen molar-refractivity contribution in [3.05, 3.63) is 42.0 Å². The SMILES string of the molecule is CC(C)c1c(N)ncnc1NCCc1ccncc1. The summed E-state index contributed by atoms with van der Waals surface area (Å²) in [6, 6.07) is 4.03. The third-order valence-corrected chi connectivity index (χ3v) is 2.95. The summed E-state index contributed by atoms with van der Waals surface area (Å²) in [6.07, 6.45) is 6.02. The van der Waals surface area contributed by atoms with Crippen molar-refractivity contribution in [1.29, 1.82) is 0 Å². The lowest BCUT2D eigenvalue weighted by atomic mass is 10.0. The van der Waals surface area contributed by atoms with Crippen LogP contribution in [-0.4, -0.2) is 21.5 Å². The van der Waals surface area contributed by atoms with Gasteiger partial charge in [-0.05, 0) is 30.0 Å². The highest BCUT2D eigenvalue weighted by Gasteiger charge is 2.12. The first-order chi connectivity index (χ1) is 9.18. The van der Waals surface area contributed by atoms with Crippen LogP contribution in [0.3, 0.4) is 0 Å². The first kappa shape index (κ1) is 13.3. The molecule has 2 rings (SSSR count). The molecule has 0 aliphatic rings. The quantitative estimate of drug-likeness (QED) is 0.859. The average Bonchev–Trinajstić information content (AvgIpc) is 2.39. The van der Waals surface area contributed by atoms with Crippen LogP contribution < -0.4 is 11.1 Å². The highest BCUT2D eigenvalue weighted by Crippen LogP contribution is 2.25. The Labute approximate surface area is 113 Å². The van der Waals surface area contributed by atoms with Crippen LogP contribution in [0, 0.1) is 0 Å². The number of rotatable bonds is 5. The van der Waals surface area contributed by atoms with Gasteiger partial charge in [0.05, 0.1) is 0 Å². The molecule has 0 saturated heterocycles. The lowest BCUT2D eigenvalue weighted by molar-refractivity contribution is 0.847. The van der Waals surface area contributed by atoms with Crippen molar-refractivity contribution in [2.24, 2.45) is 0 Å². The smallest absolute Gasteiger partial charge is 0.134 e. The Balaban J connectivity index is 2.02. The van der Waals surface area contributed by atoms with E-state index in [4.69, 9.17) is 5.73 Å². The van der Waals surface area contributed by atoms with Gasteiger partial charge in [-0.3, -0.25) is 4.98 Å². The third kappa shape index (κ3) is 3.40. The molecule has 0 aromatic carbocycles. The van der Waals surface area contributed by atoms with Crippen LogP contribution in [0.2, 0.25) is 0 Å². The standard InChI is InChI=1S/C14H19N5/c1-10(2)12-13(15)18-9-19-14(12)17-8-5-11-3-6-16-7-4-11/h3-4,6-7,9-10H,5,8H2,1-2H3,(H3,15,17,18,19). The zero-order valence-electron chi connectivity index (χ0n) is 11.3. The fourth-order valence-corrected chi connectivity index (χ4v) is 1.99. The van der Waals surface area contributed by atoms with E-state index in [0.29, 0.717) is 11.7 Å². The molecule has 100 valence electrons. The number of pyridine rings is 1. The molecule has 0 amide bonds. The summed E-state index contributed by atoms with van der Waals surface area (Å²) < 4.78 is 0. The van der Waals surface area contributed by atoms with E-state index in [1.165, 1.54) is 11.9 Å². The summed E-state index contributed by atoms with van der Waals surface area (Å²) in [6.45, 7) is 4.98. The van der Waals surface area contributed by atoms with Crippen molar-refractivity contribution in [3.63, 3.8) is 0 Å². The molecule has 0 radical (unpaired) electrons. The summed E-state index contributed by atoms with van der Waals surface area (Å²) in [5, 5.41) is 3.33. The fourth-order valence-electron chi connectivity index (χ4n) is 1.99. The first-order valence-corrected chi connectivity index (χ1v) is 6.41. The molecule has 0 aliphatic carbocycles. The second kappa shape index (κ2) is 6.13. The highest BCUT2D eigenvalue weighted by molar-refractivity contribution is 5.56. The van der Waals surface area contributed by atoms with E-state index in [-0.39, 0.29) is 0 Å².